The second kappa shape index (κ2) is 5.47. The highest BCUT2D eigenvalue weighted by molar-refractivity contribution is 5.66. The van der Waals surface area contributed by atoms with Crippen LogP contribution in [0.3, 0.4) is 0 Å². The molecule has 1 N–H and O–H groups in total. The van der Waals surface area contributed by atoms with Gasteiger partial charge in [-0.3, -0.25) is 4.98 Å². The topological polar surface area (TPSA) is 72.5 Å². The van der Waals surface area contributed by atoms with Gasteiger partial charge in [0, 0.05) is 18.9 Å². The molecule has 0 saturated heterocycles. The molecule has 0 aliphatic rings. The summed E-state index contributed by atoms with van der Waals surface area (Å²) in [5, 5.41) is 21.2. The summed E-state index contributed by atoms with van der Waals surface area (Å²) in [4.78, 5) is 3.94. The Morgan fingerprint density at radius 1 is 1.00 bits per heavy atom. The summed E-state index contributed by atoms with van der Waals surface area (Å²) in [6.45, 7) is 0.551. The van der Waals surface area contributed by atoms with E-state index in [1.807, 2.05) is 12.1 Å². The normalized spacial score (nSPS) is 9.22. The van der Waals surface area contributed by atoms with E-state index in [0.29, 0.717) is 23.4 Å². The molecule has 2 rings (SSSR count). The zero-order valence-corrected chi connectivity index (χ0v) is 9.59. The first kappa shape index (κ1) is 11.6. The number of rotatable bonds is 3. The molecule has 4 nitrogen and oxygen atoms in total. The van der Waals surface area contributed by atoms with E-state index in [0.717, 1.165) is 5.56 Å². The highest BCUT2D eigenvalue weighted by Gasteiger charge is 2.07. The van der Waals surface area contributed by atoms with E-state index in [1.54, 1.807) is 30.6 Å². The molecule has 0 amide bonds. The van der Waals surface area contributed by atoms with E-state index in [1.165, 1.54) is 0 Å². The average Bonchev–Trinajstić information content (AvgIpc) is 2.45. The molecule has 1 aromatic heterocycles. The minimum atomic E-state index is 0.475. The Morgan fingerprint density at radius 2 is 1.61 bits per heavy atom. The maximum absolute atomic E-state index is 9.03. The van der Waals surface area contributed by atoms with Crippen molar-refractivity contribution in [1.29, 1.82) is 10.5 Å². The van der Waals surface area contributed by atoms with Gasteiger partial charge in [-0.1, -0.05) is 6.07 Å². The predicted octanol–water partition coefficient (Wildman–Crippen LogP) is 2.44. The van der Waals surface area contributed by atoms with Crippen LogP contribution in [0.25, 0.3) is 0 Å². The molecule has 0 aliphatic heterocycles. The Labute approximate surface area is 105 Å². The summed E-state index contributed by atoms with van der Waals surface area (Å²) in [6.07, 6.45) is 3.41. The quantitative estimate of drug-likeness (QED) is 0.885. The fourth-order valence-electron chi connectivity index (χ4n) is 1.62. The summed E-state index contributed by atoms with van der Waals surface area (Å²) in [5.74, 6) is 0. The van der Waals surface area contributed by atoms with Gasteiger partial charge in [0.25, 0.3) is 0 Å². The van der Waals surface area contributed by atoms with Crippen molar-refractivity contribution in [2.45, 2.75) is 6.54 Å². The van der Waals surface area contributed by atoms with Gasteiger partial charge >= 0.3 is 0 Å². The van der Waals surface area contributed by atoms with Crippen LogP contribution in [-0.2, 0) is 6.54 Å². The van der Waals surface area contributed by atoms with E-state index in [4.69, 9.17) is 10.5 Å². The third-order valence-electron chi connectivity index (χ3n) is 2.52. The van der Waals surface area contributed by atoms with E-state index >= 15 is 0 Å². The molecule has 1 heterocycles. The molecule has 0 unspecified atom stereocenters. The van der Waals surface area contributed by atoms with Crippen LogP contribution in [0.2, 0.25) is 0 Å². The van der Waals surface area contributed by atoms with Crippen LogP contribution in [0.15, 0.2) is 42.7 Å². The Balaban J connectivity index is 2.25. The molecule has 0 atom stereocenters. The van der Waals surface area contributed by atoms with Crippen molar-refractivity contribution >= 4 is 5.69 Å². The minimum Gasteiger partial charge on any atom is -0.379 e. The number of para-hydroxylation sites is 1. The van der Waals surface area contributed by atoms with Crippen LogP contribution in [0, 0.1) is 22.7 Å². The standard InChI is InChI=1S/C14H10N4/c15-8-12-2-1-3-13(9-16)14(12)18-10-11-4-6-17-7-5-11/h1-7,18H,10H2. The first-order chi connectivity index (χ1) is 8.85. The summed E-state index contributed by atoms with van der Waals surface area (Å²) in [7, 11) is 0. The van der Waals surface area contributed by atoms with Crippen LogP contribution in [0.4, 0.5) is 5.69 Å². The van der Waals surface area contributed by atoms with E-state index in [2.05, 4.69) is 22.4 Å². The van der Waals surface area contributed by atoms with Crippen molar-refractivity contribution in [3.8, 4) is 12.1 Å². The lowest BCUT2D eigenvalue weighted by molar-refractivity contribution is 1.12. The third kappa shape index (κ3) is 2.45. The van der Waals surface area contributed by atoms with Gasteiger partial charge in [-0.25, -0.2) is 0 Å². The van der Waals surface area contributed by atoms with Crippen molar-refractivity contribution in [3.05, 3.63) is 59.4 Å². The second-order valence-electron chi connectivity index (χ2n) is 3.66. The lowest BCUT2D eigenvalue weighted by Crippen LogP contribution is -2.03. The Bertz CT molecular complexity index is 588. The van der Waals surface area contributed by atoms with Gasteiger partial charge in [0.1, 0.15) is 12.1 Å². The molecule has 18 heavy (non-hydrogen) atoms. The molecule has 0 spiro atoms. The average molecular weight is 234 g/mol. The molecule has 0 fully saturated rings. The van der Waals surface area contributed by atoms with Crippen molar-refractivity contribution in [2.75, 3.05) is 5.32 Å². The summed E-state index contributed by atoms with van der Waals surface area (Å²) in [6, 6.07) is 13.0. The first-order valence-corrected chi connectivity index (χ1v) is 5.41. The number of nitrogens with one attached hydrogen (secondary N) is 1. The molecule has 0 saturated carbocycles. The Hall–Kier alpha value is -2.85. The molecule has 1 aromatic carbocycles. The lowest BCUT2D eigenvalue weighted by atomic mass is 10.1. The molecule has 0 radical (unpaired) electrons. The van der Waals surface area contributed by atoms with Gasteiger partial charge in [0.05, 0.1) is 16.8 Å². The maximum atomic E-state index is 9.03. The smallest absolute Gasteiger partial charge is 0.101 e. The fourth-order valence-corrected chi connectivity index (χ4v) is 1.62. The van der Waals surface area contributed by atoms with Crippen LogP contribution < -0.4 is 5.32 Å². The summed E-state index contributed by atoms with van der Waals surface area (Å²) in [5.41, 5.74) is 2.58. The Morgan fingerprint density at radius 3 is 2.17 bits per heavy atom. The first-order valence-electron chi connectivity index (χ1n) is 5.41. The molecule has 2 aromatic rings. The van der Waals surface area contributed by atoms with E-state index in [9.17, 15) is 0 Å². The number of hydrogen-bond donors (Lipinski definition) is 1. The molecule has 0 bridgehead atoms. The highest BCUT2D eigenvalue weighted by atomic mass is 14.9. The molecular formula is C14H10N4. The zero-order valence-electron chi connectivity index (χ0n) is 9.59. The highest BCUT2D eigenvalue weighted by Crippen LogP contribution is 2.20. The number of nitriles is 2. The summed E-state index contributed by atoms with van der Waals surface area (Å²) >= 11 is 0. The Kier molecular flexibility index (Phi) is 3.53. The van der Waals surface area contributed by atoms with Crippen molar-refractivity contribution in [2.24, 2.45) is 0 Å². The van der Waals surface area contributed by atoms with Gasteiger partial charge < -0.3 is 5.32 Å². The number of anilines is 1. The second-order valence-corrected chi connectivity index (χ2v) is 3.66. The minimum absolute atomic E-state index is 0.475. The van der Waals surface area contributed by atoms with Crippen molar-refractivity contribution < 1.29 is 0 Å². The third-order valence-corrected chi connectivity index (χ3v) is 2.52. The van der Waals surface area contributed by atoms with E-state index < -0.39 is 0 Å². The number of hydrogen-bond acceptors (Lipinski definition) is 4. The number of nitrogens with zero attached hydrogens (tertiary/aromatic N) is 3. The maximum Gasteiger partial charge on any atom is 0.101 e. The SMILES string of the molecule is N#Cc1cccc(C#N)c1NCc1ccncc1. The van der Waals surface area contributed by atoms with Gasteiger partial charge in [0.2, 0.25) is 0 Å². The van der Waals surface area contributed by atoms with Crippen molar-refractivity contribution in [3.63, 3.8) is 0 Å². The lowest BCUT2D eigenvalue weighted by Gasteiger charge is -2.09. The molecule has 4 heteroatoms. The zero-order chi connectivity index (χ0) is 12.8. The van der Waals surface area contributed by atoms with Crippen molar-refractivity contribution in [1.82, 2.24) is 4.98 Å². The molecular weight excluding hydrogens is 224 g/mol. The fraction of sp³-hybridized carbons (Fsp3) is 0.0714. The predicted molar refractivity (Wildman–Crippen MR) is 67.4 cm³/mol. The monoisotopic (exact) mass is 234 g/mol. The van der Waals surface area contributed by atoms with Crippen LogP contribution in [0.1, 0.15) is 16.7 Å². The van der Waals surface area contributed by atoms with Gasteiger partial charge in [0.15, 0.2) is 0 Å². The number of pyridine rings is 1. The van der Waals surface area contributed by atoms with E-state index in [-0.39, 0.29) is 0 Å². The molecule has 0 aliphatic carbocycles. The van der Waals surface area contributed by atoms with Gasteiger partial charge in [-0.2, -0.15) is 10.5 Å². The van der Waals surface area contributed by atoms with Gasteiger partial charge in [-0.05, 0) is 29.8 Å². The van der Waals surface area contributed by atoms with Gasteiger partial charge in [-0.15, -0.1) is 0 Å². The molecule has 86 valence electrons. The van der Waals surface area contributed by atoms with Crippen LogP contribution in [0.5, 0.6) is 0 Å². The number of benzene rings is 1. The van der Waals surface area contributed by atoms with Crippen LogP contribution >= 0.6 is 0 Å². The number of aromatic nitrogens is 1. The van der Waals surface area contributed by atoms with Crippen LogP contribution in [-0.4, -0.2) is 4.98 Å². The largest absolute Gasteiger partial charge is 0.379 e. The summed E-state index contributed by atoms with van der Waals surface area (Å²) < 4.78 is 0.